The number of rotatable bonds is 4. The van der Waals surface area contributed by atoms with Crippen LogP contribution in [0.25, 0.3) is 0 Å². The van der Waals surface area contributed by atoms with Gasteiger partial charge in [-0.1, -0.05) is 0 Å². The number of amides is 1. The van der Waals surface area contributed by atoms with Gasteiger partial charge in [-0.15, -0.1) is 0 Å². The van der Waals surface area contributed by atoms with E-state index in [1.165, 1.54) is 12.8 Å². The summed E-state index contributed by atoms with van der Waals surface area (Å²) >= 11 is 0. The maximum Gasteiger partial charge on any atom is 0.219 e. The van der Waals surface area contributed by atoms with Crippen LogP contribution in [0.4, 0.5) is 0 Å². The highest BCUT2D eigenvalue weighted by Crippen LogP contribution is 2.23. The van der Waals surface area contributed by atoms with Crippen LogP contribution in [0.15, 0.2) is 0 Å². The first-order valence-electron chi connectivity index (χ1n) is 4.06. The number of nitrogens with two attached hydrogens (primary N) is 1. The predicted octanol–water partition coefficient (Wildman–Crippen LogP) is 0.392. The van der Waals surface area contributed by atoms with Crippen molar-refractivity contribution in [2.45, 2.75) is 44.7 Å². The van der Waals surface area contributed by atoms with E-state index in [-0.39, 0.29) is 11.4 Å². The molecule has 0 radical (unpaired) electrons. The highest BCUT2D eigenvalue weighted by molar-refractivity contribution is 5.75. The second-order valence-electron chi connectivity index (χ2n) is 3.95. The molecule has 11 heavy (non-hydrogen) atoms. The normalized spacial score (nSPS) is 18.4. The third-order valence-electron chi connectivity index (χ3n) is 1.79. The number of hydrogen-bond donors (Lipinski definition) is 2. The van der Waals surface area contributed by atoms with Crippen molar-refractivity contribution in [2.24, 2.45) is 5.73 Å². The Labute approximate surface area is 67.3 Å². The van der Waals surface area contributed by atoms with Gasteiger partial charge in [0.2, 0.25) is 5.91 Å². The average Bonchev–Trinajstić information content (AvgIpc) is 2.43. The predicted molar refractivity (Wildman–Crippen MR) is 44.0 cm³/mol. The lowest BCUT2D eigenvalue weighted by molar-refractivity contribution is -0.119. The molecule has 0 bridgehead atoms. The molecule has 0 aromatic rings. The molecular weight excluding hydrogens is 140 g/mol. The first-order chi connectivity index (χ1) is 4.99. The largest absolute Gasteiger partial charge is 0.370 e. The number of carbonyl (C=O) groups is 1. The van der Waals surface area contributed by atoms with E-state index >= 15 is 0 Å². The van der Waals surface area contributed by atoms with Crippen LogP contribution >= 0.6 is 0 Å². The lowest BCUT2D eigenvalue weighted by Gasteiger charge is -2.24. The van der Waals surface area contributed by atoms with Crippen LogP contribution in [0, 0.1) is 0 Å². The molecule has 0 aromatic heterocycles. The lowest BCUT2D eigenvalue weighted by atomic mass is 10.0. The summed E-state index contributed by atoms with van der Waals surface area (Å²) in [5, 5.41) is 3.36. The van der Waals surface area contributed by atoms with Gasteiger partial charge in [0.25, 0.3) is 0 Å². The quantitative estimate of drug-likeness (QED) is 0.618. The van der Waals surface area contributed by atoms with Gasteiger partial charge in [0.1, 0.15) is 0 Å². The fourth-order valence-corrected chi connectivity index (χ4v) is 1.27. The molecular formula is C8H16N2O. The first kappa shape index (κ1) is 8.53. The van der Waals surface area contributed by atoms with E-state index in [1.807, 2.05) is 13.8 Å². The molecule has 0 atom stereocenters. The summed E-state index contributed by atoms with van der Waals surface area (Å²) in [5.41, 5.74) is 4.98. The van der Waals surface area contributed by atoms with Gasteiger partial charge in [-0.05, 0) is 26.7 Å². The average molecular weight is 156 g/mol. The van der Waals surface area contributed by atoms with E-state index in [1.54, 1.807) is 0 Å². The van der Waals surface area contributed by atoms with Gasteiger partial charge in [0.15, 0.2) is 0 Å². The summed E-state index contributed by atoms with van der Waals surface area (Å²) in [5.74, 6) is -0.233. The molecule has 1 fully saturated rings. The Balaban J connectivity index is 2.30. The minimum absolute atomic E-state index is 0.118. The molecule has 0 saturated heterocycles. The third-order valence-corrected chi connectivity index (χ3v) is 1.79. The molecule has 0 spiro atoms. The molecule has 1 aliphatic carbocycles. The molecule has 1 aliphatic rings. The zero-order valence-corrected chi connectivity index (χ0v) is 7.18. The van der Waals surface area contributed by atoms with Gasteiger partial charge < -0.3 is 11.1 Å². The summed E-state index contributed by atoms with van der Waals surface area (Å²) in [6.45, 7) is 4.02. The molecule has 1 rings (SSSR count). The van der Waals surface area contributed by atoms with Gasteiger partial charge in [-0.25, -0.2) is 0 Å². The van der Waals surface area contributed by atoms with E-state index < -0.39 is 0 Å². The number of hydrogen-bond acceptors (Lipinski definition) is 2. The summed E-state index contributed by atoms with van der Waals surface area (Å²) in [4.78, 5) is 10.6. The van der Waals surface area contributed by atoms with Crippen LogP contribution in [-0.4, -0.2) is 17.5 Å². The van der Waals surface area contributed by atoms with Gasteiger partial charge in [-0.2, -0.15) is 0 Å². The lowest BCUT2D eigenvalue weighted by Crippen LogP contribution is -2.43. The van der Waals surface area contributed by atoms with Gasteiger partial charge in [-0.3, -0.25) is 4.79 Å². The van der Waals surface area contributed by atoms with Crippen LogP contribution in [0.3, 0.4) is 0 Å². The highest BCUT2D eigenvalue weighted by atomic mass is 16.1. The molecule has 1 saturated carbocycles. The van der Waals surface area contributed by atoms with Crippen molar-refractivity contribution in [2.75, 3.05) is 0 Å². The highest BCUT2D eigenvalue weighted by Gasteiger charge is 2.29. The van der Waals surface area contributed by atoms with Crippen molar-refractivity contribution in [3.63, 3.8) is 0 Å². The SMILES string of the molecule is CC(C)(CC(N)=O)NC1CC1. The van der Waals surface area contributed by atoms with E-state index in [0.29, 0.717) is 12.5 Å². The Kier molecular flexibility index (Phi) is 2.18. The molecule has 0 heterocycles. The van der Waals surface area contributed by atoms with Crippen molar-refractivity contribution >= 4 is 5.91 Å². The number of nitrogens with one attached hydrogen (secondary N) is 1. The monoisotopic (exact) mass is 156 g/mol. The Bertz CT molecular complexity index is 161. The maximum atomic E-state index is 10.6. The molecule has 3 heteroatoms. The second-order valence-corrected chi connectivity index (χ2v) is 3.95. The van der Waals surface area contributed by atoms with Crippen molar-refractivity contribution in [1.29, 1.82) is 0 Å². The molecule has 64 valence electrons. The Hall–Kier alpha value is -0.570. The van der Waals surface area contributed by atoms with Crippen molar-refractivity contribution in [3.8, 4) is 0 Å². The number of carbonyl (C=O) groups excluding carboxylic acids is 1. The summed E-state index contributed by atoms with van der Waals surface area (Å²) < 4.78 is 0. The smallest absolute Gasteiger partial charge is 0.219 e. The summed E-state index contributed by atoms with van der Waals surface area (Å²) in [7, 11) is 0. The minimum Gasteiger partial charge on any atom is -0.370 e. The molecule has 1 amide bonds. The van der Waals surface area contributed by atoms with Crippen LogP contribution in [0.5, 0.6) is 0 Å². The van der Waals surface area contributed by atoms with Crippen molar-refractivity contribution < 1.29 is 4.79 Å². The zero-order chi connectivity index (χ0) is 8.48. The van der Waals surface area contributed by atoms with E-state index in [2.05, 4.69) is 5.32 Å². The summed E-state index contributed by atoms with van der Waals surface area (Å²) in [6.07, 6.45) is 2.90. The molecule has 0 aromatic carbocycles. The van der Waals surface area contributed by atoms with Crippen LogP contribution in [0.1, 0.15) is 33.1 Å². The Morgan fingerprint density at radius 2 is 2.18 bits per heavy atom. The minimum atomic E-state index is -0.233. The second kappa shape index (κ2) is 2.81. The van der Waals surface area contributed by atoms with Gasteiger partial charge in [0.05, 0.1) is 0 Å². The van der Waals surface area contributed by atoms with Crippen LogP contribution < -0.4 is 11.1 Å². The van der Waals surface area contributed by atoms with Crippen molar-refractivity contribution in [3.05, 3.63) is 0 Å². The van der Waals surface area contributed by atoms with Gasteiger partial charge >= 0.3 is 0 Å². The van der Waals surface area contributed by atoms with Crippen molar-refractivity contribution in [1.82, 2.24) is 5.32 Å². The van der Waals surface area contributed by atoms with E-state index in [4.69, 9.17) is 5.73 Å². The molecule has 0 aliphatic heterocycles. The fourth-order valence-electron chi connectivity index (χ4n) is 1.27. The van der Waals surface area contributed by atoms with Crippen LogP contribution in [0.2, 0.25) is 0 Å². The molecule has 0 unspecified atom stereocenters. The van der Waals surface area contributed by atoms with Gasteiger partial charge in [0, 0.05) is 18.0 Å². The first-order valence-corrected chi connectivity index (χ1v) is 4.06. The Morgan fingerprint density at radius 3 is 2.55 bits per heavy atom. The standard InChI is InChI=1S/C8H16N2O/c1-8(2,5-7(9)11)10-6-3-4-6/h6,10H,3-5H2,1-2H3,(H2,9,11). The van der Waals surface area contributed by atoms with E-state index in [0.717, 1.165) is 0 Å². The molecule has 3 nitrogen and oxygen atoms in total. The summed E-state index contributed by atoms with van der Waals surface area (Å²) in [6, 6.07) is 0.629. The topological polar surface area (TPSA) is 55.1 Å². The van der Waals surface area contributed by atoms with Crippen LogP contribution in [-0.2, 0) is 4.79 Å². The maximum absolute atomic E-state index is 10.6. The number of primary amides is 1. The fraction of sp³-hybridized carbons (Fsp3) is 0.875. The Morgan fingerprint density at radius 1 is 1.64 bits per heavy atom. The third kappa shape index (κ3) is 3.37. The zero-order valence-electron chi connectivity index (χ0n) is 7.18. The molecule has 3 N–H and O–H groups in total. The van der Waals surface area contributed by atoms with E-state index in [9.17, 15) is 4.79 Å².